The van der Waals surface area contributed by atoms with E-state index in [0.717, 1.165) is 31.4 Å². The van der Waals surface area contributed by atoms with Crippen molar-refractivity contribution in [3.63, 3.8) is 0 Å². The summed E-state index contributed by atoms with van der Waals surface area (Å²) in [6.45, 7) is 0.827. The molecule has 0 aromatic heterocycles. The number of rotatable bonds is 6. The first-order chi connectivity index (χ1) is 11.1. The molecule has 23 heavy (non-hydrogen) atoms. The predicted octanol–water partition coefficient (Wildman–Crippen LogP) is 2.33. The van der Waals surface area contributed by atoms with Gasteiger partial charge in [-0.15, -0.1) is 0 Å². The number of nitrogens with one attached hydrogen (secondary N) is 1. The second-order valence-corrected chi connectivity index (χ2v) is 6.06. The van der Waals surface area contributed by atoms with E-state index in [1.807, 2.05) is 18.2 Å². The standard InChI is InChI=1S/C17H22N2O4/c1-22-13-6-4-7-14(12-13)23-11-5-10-19-15(20)17(18-16(19)21)8-2-3-9-17/h4,6-7,12H,2-3,5,8-11H2,1H3,(H,18,21). The number of hydrogen-bond donors (Lipinski definition) is 1. The Labute approximate surface area is 135 Å². The Morgan fingerprint density at radius 1 is 1.22 bits per heavy atom. The Morgan fingerprint density at radius 3 is 2.70 bits per heavy atom. The number of carbonyl (C=O) groups is 2. The molecule has 1 heterocycles. The third-order valence-electron chi connectivity index (χ3n) is 4.54. The minimum atomic E-state index is -0.620. The van der Waals surface area contributed by atoms with E-state index < -0.39 is 5.54 Å². The van der Waals surface area contributed by atoms with Gasteiger partial charge in [-0.2, -0.15) is 0 Å². The van der Waals surface area contributed by atoms with E-state index in [1.54, 1.807) is 13.2 Å². The van der Waals surface area contributed by atoms with Gasteiger partial charge < -0.3 is 14.8 Å². The molecule has 0 atom stereocenters. The normalized spacial score (nSPS) is 19.3. The van der Waals surface area contributed by atoms with Crippen LogP contribution in [0.25, 0.3) is 0 Å². The van der Waals surface area contributed by atoms with Crippen LogP contribution in [-0.4, -0.2) is 42.6 Å². The molecule has 6 nitrogen and oxygen atoms in total. The number of benzene rings is 1. The zero-order chi connectivity index (χ0) is 16.3. The number of hydrogen-bond acceptors (Lipinski definition) is 4. The lowest BCUT2D eigenvalue weighted by molar-refractivity contribution is -0.131. The van der Waals surface area contributed by atoms with Crippen molar-refractivity contribution in [2.75, 3.05) is 20.3 Å². The van der Waals surface area contributed by atoms with Gasteiger partial charge in [0.1, 0.15) is 17.0 Å². The molecule has 1 N–H and O–H groups in total. The van der Waals surface area contributed by atoms with Gasteiger partial charge in [0.2, 0.25) is 0 Å². The number of ether oxygens (including phenoxy) is 2. The van der Waals surface area contributed by atoms with Crippen molar-refractivity contribution in [3.05, 3.63) is 24.3 Å². The number of amides is 3. The van der Waals surface area contributed by atoms with E-state index in [0.29, 0.717) is 25.3 Å². The molecule has 1 saturated carbocycles. The maximum atomic E-state index is 12.5. The van der Waals surface area contributed by atoms with E-state index in [2.05, 4.69) is 5.32 Å². The Balaban J connectivity index is 1.49. The zero-order valence-electron chi connectivity index (χ0n) is 13.3. The summed E-state index contributed by atoms with van der Waals surface area (Å²) in [4.78, 5) is 25.8. The van der Waals surface area contributed by atoms with Crippen LogP contribution in [0.15, 0.2) is 24.3 Å². The average Bonchev–Trinajstić information content (AvgIpc) is 3.12. The second-order valence-electron chi connectivity index (χ2n) is 6.06. The highest BCUT2D eigenvalue weighted by molar-refractivity contribution is 6.07. The number of urea groups is 1. The Bertz CT molecular complexity index is 596. The Morgan fingerprint density at radius 2 is 1.96 bits per heavy atom. The van der Waals surface area contributed by atoms with Crippen LogP contribution in [0.2, 0.25) is 0 Å². The van der Waals surface area contributed by atoms with Crippen molar-refractivity contribution < 1.29 is 19.1 Å². The first-order valence-electron chi connectivity index (χ1n) is 8.06. The number of carbonyl (C=O) groups excluding carboxylic acids is 2. The van der Waals surface area contributed by atoms with Crippen LogP contribution in [0.1, 0.15) is 32.1 Å². The van der Waals surface area contributed by atoms with Crippen molar-refractivity contribution in [2.45, 2.75) is 37.6 Å². The highest BCUT2D eigenvalue weighted by Crippen LogP contribution is 2.35. The molecule has 3 amide bonds. The van der Waals surface area contributed by atoms with Crippen LogP contribution >= 0.6 is 0 Å². The van der Waals surface area contributed by atoms with Crippen molar-refractivity contribution in [2.24, 2.45) is 0 Å². The van der Waals surface area contributed by atoms with Gasteiger partial charge in [0.05, 0.1) is 13.7 Å². The molecule has 2 aliphatic rings. The molecular weight excluding hydrogens is 296 g/mol. The number of nitrogens with zero attached hydrogens (tertiary/aromatic N) is 1. The minimum absolute atomic E-state index is 0.0682. The smallest absolute Gasteiger partial charge is 0.325 e. The fourth-order valence-corrected chi connectivity index (χ4v) is 3.30. The predicted molar refractivity (Wildman–Crippen MR) is 84.5 cm³/mol. The minimum Gasteiger partial charge on any atom is -0.497 e. The van der Waals surface area contributed by atoms with Gasteiger partial charge in [0, 0.05) is 12.6 Å². The summed E-state index contributed by atoms with van der Waals surface area (Å²) in [6, 6.07) is 7.10. The van der Waals surface area contributed by atoms with Crippen molar-refractivity contribution in [1.82, 2.24) is 10.2 Å². The monoisotopic (exact) mass is 318 g/mol. The number of imide groups is 1. The maximum Gasteiger partial charge on any atom is 0.325 e. The summed E-state index contributed by atoms with van der Waals surface area (Å²) in [6.07, 6.45) is 4.12. The van der Waals surface area contributed by atoms with Gasteiger partial charge in [-0.05, 0) is 31.4 Å². The fraction of sp³-hybridized carbons (Fsp3) is 0.529. The van der Waals surface area contributed by atoms with Gasteiger partial charge in [-0.25, -0.2) is 4.79 Å². The SMILES string of the molecule is COc1cccc(OCCCN2C(=O)NC3(CCCC3)C2=O)c1. The molecular formula is C17H22N2O4. The summed E-state index contributed by atoms with van der Waals surface area (Å²) < 4.78 is 10.8. The average molecular weight is 318 g/mol. The highest BCUT2D eigenvalue weighted by atomic mass is 16.5. The van der Waals surface area contributed by atoms with Gasteiger partial charge in [-0.3, -0.25) is 9.69 Å². The quantitative estimate of drug-likeness (QED) is 0.646. The molecule has 2 fully saturated rings. The molecule has 124 valence electrons. The molecule has 3 rings (SSSR count). The van der Waals surface area contributed by atoms with Crippen LogP contribution in [0.5, 0.6) is 11.5 Å². The lowest BCUT2D eigenvalue weighted by atomic mass is 9.98. The van der Waals surface area contributed by atoms with E-state index in [4.69, 9.17) is 9.47 Å². The Hall–Kier alpha value is -2.24. The lowest BCUT2D eigenvalue weighted by Gasteiger charge is -2.20. The fourth-order valence-electron chi connectivity index (χ4n) is 3.30. The van der Waals surface area contributed by atoms with E-state index >= 15 is 0 Å². The molecule has 1 aliphatic carbocycles. The Kier molecular flexibility index (Phi) is 4.41. The van der Waals surface area contributed by atoms with Crippen molar-refractivity contribution in [1.29, 1.82) is 0 Å². The molecule has 1 saturated heterocycles. The second kappa shape index (κ2) is 6.48. The van der Waals surface area contributed by atoms with Crippen LogP contribution in [0.4, 0.5) is 4.79 Å². The van der Waals surface area contributed by atoms with E-state index in [-0.39, 0.29) is 11.9 Å². The molecule has 0 unspecified atom stereocenters. The molecule has 1 aliphatic heterocycles. The molecule has 1 spiro atoms. The third kappa shape index (κ3) is 3.11. The topological polar surface area (TPSA) is 67.9 Å². The van der Waals surface area contributed by atoms with Gasteiger partial charge in [-0.1, -0.05) is 18.9 Å². The van der Waals surface area contributed by atoms with Crippen LogP contribution in [0, 0.1) is 0 Å². The molecule has 1 aromatic carbocycles. The highest BCUT2D eigenvalue weighted by Gasteiger charge is 2.51. The van der Waals surface area contributed by atoms with Gasteiger partial charge in [0.25, 0.3) is 5.91 Å². The largest absolute Gasteiger partial charge is 0.497 e. The summed E-state index contributed by atoms with van der Waals surface area (Å²) in [7, 11) is 1.61. The summed E-state index contributed by atoms with van der Waals surface area (Å²) in [5.41, 5.74) is -0.620. The number of methoxy groups -OCH3 is 1. The van der Waals surface area contributed by atoms with E-state index in [1.165, 1.54) is 4.90 Å². The van der Waals surface area contributed by atoms with Crippen molar-refractivity contribution >= 4 is 11.9 Å². The molecule has 6 heteroatoms. The zero-order valence-corrected chi connectivity index (χ0v) is 13.3. The summed E-state index contributed by atoms with van der Waals surface area (Å²) in [5, 5.41) is 2.88. The van der Waals surface area contributed by atoms with Crippen LogP contribution in [-0.2, 0) is 4.79 Å². The summed E-state index contributed by atoms with van der Waals surface area (Å²) >= 11 is 0. The molecule has 1 aromatic rings. The first kappa shape index (κ1) is 15.6. The van der Waals surface area contributed by atoms with Gasteiger partial charge in [0.15, 0.2) is 0 Å². The van der Waals surface area contributed by atoms with Crippen LogP contribution in [0.3, 0.4) is 0 Å². The van der Waals surface area contributed by atoms with Crippen LogP contribution < -0.4 is 14.8 Å². The van der Waals surface area contributed by atoms with Crippen molar-refractivity contribution in [3.8, 4) is 11.5 Å². The molecule has 0 bridgehead atoms. The maximum absolute atomic E-state index is 12.5. The third-order valence-corrected chi connectivity index (χ3v) is 4.54. The van der Waals surface area contributed by atoms with E-state index in [9.17, 15) is 9.59 Å². The van der Waals surface area contributed by atoms with Gasteiger partial charge >= 0.3 is 6.03 Å². The lowest BCUT2D eigenvalue weighted by Crippen LogP contribution is -2.44. The molecule has 0 radical (unpaired) electrons. The first-order valence-corrected chi connectivity index (χ1v) is 8.06. The summed E-state index contributed by atoms with van der Waals surface area (Å²) in [5.74, 6) is 1.38.